The summed E-state index contributed by atoms with van der Waals surface area (Å²) in [5.74, 6) is 1.40. The highest BCUT2D eigenvalue weighted by atomic mass is 32.2. The van der Waals surface area contributed by atoms with E-state index < -0.39 is 10.8 Å². The van der Waals surface area contributed by atoms with Gasteiger partial charge in [0.15, 0.2) is 0 Å². The quantitative estimate of drug-likeness (QED) is 0.746. The Hall–Kier alpha value is -1.33. The Morgan fingerprint density at radius 2 is 1.59 bits per heavy atom. The van der Waals surface area contributed by atoms with Crippen molar-refractivity contribution in [1.29, 1.82) is 0 Å². The fourth-order valence-corrected chi connectivity index (χ4v) is 6.90. The molecule has 0 radical (unpaired) electrons. The number of benzene rings is 1. The van der Waals surface area contributed by atoms with Gasteiger partial charge in [-0.3, -0.25) is 9.59 Å². The van der Waals surface area contributed by atoms with Gasteiger partial charge in [-0.15, -0.1) is 0 Å². The number of thioether (sulfide) groups is 1. The Bertz CT molecular complexity index is 642. The number of anilines is 1. The summed E-state index contributed by atoms with van der Waals surface area (Å²) in [5, 5.41) is 0. The molecule has 5 rings (SSSR count). The average Bonchev–Trinajstić information content (AvgIpc) is 3.10. The minimum absolute atomic E-state index is 0.0249. The van der Waals surface area contributed by atoms with Crippen LogP contribution in [0.15, 0.2) is 30.3 Å². The largest absolute Gasteiger partial charge is 0.373 e. The van der Waals surface area contributed by atoms with E-state index in [-0.39, 0.29) is 24.0 Å². The SMILES string of the molecule is O=C1N(c2ccccc2)C(=O)C23CSCC12C1CCCC3O1. The molecule has 0 saturated carbocycles. The van der Waals surface area contributed by atoms with Gasteiger partial charge in [-0.1, -0.05) is 18.2 Å². The minimum atomic E-state index is -0.619. The van der Waals surface area contributed by atoms with Crippen molar-refractivity contribution in [3.63, 3.8) is 0 Å². The van der Waals surface area contributed by atoms with Crippen molar-refractivity contribution < 1.29 is 14.3 Å². The third-order valence-electron chi connectivity index (χ3n) is 6.00. The first-order valence-electron chi connectivity index (χ1n) is 7.89. The van der Waals surface area contributed by atoms with E-state index in [1.807, 2.05) is 30.3 Å². The van der Waals surface area contributed by atoms with Crippen LogP contribution in [0.4, 0.5) is 5.69 Å². The van der Waals surface area contributed by atoms with Crippen molar-refractivity contribution in [3.8, 4) is 0 Å². The molecule has 2 bridgehead atoms. The zero-order valence-electron chi connectivity index (χ0n) is 12.2. The number of imide groups is 1. The molecular weight excluding hydrogens is 298 g/mol. The molecule has 5 heteroatoms. The highest BCUT2D eigenvalue weighted by Crippen LogP contribution is 2.68. The summed E-state index contributed by atoms with van der Waals surface area (Å²) in [6.07, 6.45) is 2.72. The summed E-state index contributed by atoms with van der Waals surface area (Å²) in [4.78, 5) is 28.2. The number of amides is 2. The Morgan fingerprint density at radius 3 is 2.18 bits per heavy atom. The second-order valence-corrected chi connectivity index (χ2v) is 7.75. The molecule has 4 heterocycles. The van der Waals surface area contributed by atoms with Gasteiger partial charge in [0.2, 0.25) is 11.8 Å². The van der Waals surface area contributed by atoms with Gasteiger partial charge in [-0.2, -0.15) is 11.8 Å². The Labute approximate surface area is 133 Å². The van der Waals surface area contributed by atoms with Crippen molar-refractivity contribution >= 4 is 29.3 Å². The topological polar surface area (TPSA) is 46.6 Å². The Morgan fingerprint density at radius 1 is 1.00 bits per heavy atom. The van der Waals surface area contributed by atoms with Crippen molar-refractivity contribution in [2.75, 3.05) is 16.4 Å². The maximum atomic E-state index is 13.4. The second kappa shape index (κ2) is 4.15. The highest BCUT2D eigenvalue weighted by molar-refractivity contribution is 7.99. The van der Waals surface area contributed by atoms with Gasteiger partial charge < -0.3 is 4.74 Å². The van der Waals surface area contributed by atoms with Crippen molar-refractivity contribution in [2.24, 2.45) is 10.8 Å². The number of nitrogens with zero attached hydrogens (tertiary/aromatic N) is 1. The van der Waals surface area contributed by atoms with Crippen LogP contribution in [0.3, 0.4) is 0 Å². The first-order chi connectivity index (χ1) is 10.7. The summed E-state index contributed by atoms with van der Waals surface area (Å²) in [7, 11) is 0. The van der Waals surface area contributed by atoms with Crippen LogP contribution >= 0.6 is 11.8 Å². The molecule has 1 aromatic rings. The molecule has 2 amide bonds. The monoisotopic (exact) mass is 315 g/mol. The van der Waals surface area contributed by atoms with Crippen molar-refractivity contribution in [2.45, 2.75) is 31.5 Å². The lowest BCUT2D eigenvalue weighted by Gasteiger charge is -2.30. The van der Waals surface area contributed by atoms with Gasteiger partial charge >= 0.3 is 0 Å². The molecule has 4 atom stereocenters. The number of hydrogen-bond acceptors (Lipinski definition) is 4. The van der Waals surface area contributed by atoms with Crippen LogP contribution < -0.4 is 4.90 Å². The summed E-state index contributed by atoms with van der Waals surface area (Å²) < 4.78 is 6.16. The maximum Gasteiger partial charge on any atom is 0.244 e. The first kappa shape index (κ1) is 13.1. The van der Waals surface area contributed by atoms with E-state index in [0.29, 0.717) is 5.69 Å². The summed E-state index contributed by atoms with van der Waals surface area (Å²) in [6.45, 7) is 0. The third-order valence-corrected chi connectivity index (χ3v) is 7.32. The fourth-order valence-electron chi connectivity index (χ4n) is 5.02. The Balaban J connectivity index is 1.71. The normalized spacial score (nSPS) is 42.6. The van der Waals surface area contributed by atoms with Crippen LogP contribution in [0.2, 0.25) is 0 Å². The van der Waals surface area contributed by atoms with E-state index in [1.165, 1.54) is 4.90 Å². The van der Waals surface area contributed by atoms with E-state index in [1.54, 1.807) is 11.8 Å². The van der Waals surface area contributed by atoms with E-state index >= 15 is 0 Å². The van der Waals surface area contributed by atoms with Gasteiger partial charge in [-0.05, 0) is 31.4 Å². The predicted molar refractivity (Wildman–Crippen MR) is 83.6 cm³/mol. The summed E-state index contributed by atoms with van der Waals surface area (Å²) in [5.41, 5.74) is -0.534. The lowest BCUT2D eigenvalue weighted by Crippen LogP contribution is -2.47. The van der Waals surface area contributed by atoms with Crippen molar-refractivity contribution in [3.05, 3.63) is 30.3 Å². The van der Waals surface area contributed by atoms with Gasteiger partial charge in [0.25, 0.3) is 0 Å². The molecular formula is C17H17NO3S. The molecule has 0 aromatic heterocycles. The van der Waals surface area contributed by atoms with E-state index in [9.17, 15) is 9.59 Å². The minimum Gasteiger partial charge on any atom is -0.373 e. The van der Waals surface area contributed by atoms with E-state index in [0.717, 1.165) is 30.8 Å². The molecule has 0 spiro atoms. The zero-order valence-corrected chi connectivity index (χ0v) is 13.0. The number of fused-ring (bicyclic) bond motifs is 2. The molecule has 4 saturated heterocycles. The number of para-hydroxylation sites is 1. The standard InChI is InChI=1S/C17H17NO3S/c19-14-16-9-22-10-17(16,13-8-4-7-12(16)21-13)15(20)18(14)11-5-2-1-3-6-11/h1-3,5-6,12-13H,4,7-10H2. The molecule has 0 N–H and O–H groups in total. The first-order valence-corrected chi connectivity index (χ1v) is 9.04. The van der Waals surface area contributed by atoms with Gasteiger partial charge in [0, 0.05) is 11.5 Å². The van der Waals surface area contributed by atoms with Crippen LogP contribution in [0.1, 0.15) is 19.3 Å². The number of hydrogen-bond donors (Lipinski definition) is 0. The molecule has 1 aromatic carbocycles. The fraction of sp³-hybridized carbons (Fsp3) is 0.529. The summed E-state index contributed by atoms with van der Waals surface area (Å²) in [6, 6.07) is 9.36. The second-order valence-electron chi connectivity index (χ2n) is 6.76. The number of carbonyl (C=O) groups excluding carboxylic acids is 2. The van der Waals surface area contributed by atoms with Gasteiger partial charge in [-0.25, -0.2) is 4.90 Å². The molecule has 22 heavy (non-hydrogen) atoms. The predicted octanol–water partition coefficient (Wildman–Crippen LogP) is 2.23. The van der Waals surface area contributed by atoms with Crippen LogP contribution in [0.5, 0.6) is 0 Å². The number of carbonyl (C=O) groups is 2. The van der Waals surface area contributed by atoms with Crippen molar-refractivity contribution in [1.82, 2.24) is 0 Å². The Kier molecular flexibility index (Phi) is 2.48. The molecule has 114 valence electrons. The molecule has 0 aliphatic carbocycles. The van der Waals surface area contributed by atoms with Gasteiger partial charge in [0.05, 0.1) is 17.9 Å². The van der Waals surface area contributed by atoms with Crippen LogP contribution in [0.25, 0.3) is 0 Å². The molecule has 4 aliphatic heterocycles. The lowest BCUT2D eigenvalue weighted by molar-refractivity contribution is -0.130. The molecule has 4 unspecified atom stereocenters. The third kappa shape index (κ3) is 1.20. The maximum absolute atomic E-state index is 13.4. The molecule has 4 aliphatic rings. The number of rotatable bonds is 1. The summed E-state index contributed by atoms with van der Waals surface area (Å²) >= 11 is 1.75. The average molecular weight is 315 g/mol. The highest BCUT2D eigenvalue weighted by Gasteiger charge is 2.81. The van der Waals surface area contributed by atoms with E-state index in [2.05, 4.69) is 0 Å². The molecule has 4 nitrogen and oxygen atoms in total. The lowest BCUT2D eigenvalue weighted by atomic mass is 9.64. The van der Waals surface area contributed by atoms with Crippen LogP contribution in [-0.4, -0.2) is 35.5 Å². The van der Waals surface area contributed by atoms with Crippen LogP contribution in [-0.2, 0) is 14.3 Å². The number of ether oxygens (including phenoxy) is 1. The smallest absolute Gasteiger partial charge is 0.244 e. The van der Waals surface area contributed by atoms with E-state index in [4.69, 9.17) is 4.74 Å². The molecule has 4 fully saturated rings. The van der Waals surface area contributed by atoms with Crippen LogP contribution in [0, 0.1) is 10.8 Å². The van der Waals surface area contributed by atoms with Gasteiger partial charge in [0.1, 0.15) is 10.8 Å². The zero-order chi connectivity index (χ0) is 14.9.